The molecule has 0 amide bonds. The Hall–Kier alpha value is -3.14. The van der Waals surface area contributed by atoms with E-state index in [0.29, 0.717) is 5.56 Å². The summed E-state index contributed by atoms with van der Waals surface area (Å²) in [7, 11) is 0. The van der Waals surface area contributed by atoms with Gasteiger partial charge in [0, 0.05) is 12.8 Å². The number of carbonyl (C=O) groups is 4. The number of benzene rings is 1. The highest BCUT2D eigenvalue weighted by Gasteiger charge is 2.21. The predicted octanol–water partition coefficient (Wildman–Crippen LogP) is 3.46. The van der Waals surface area contributed by atoms with Crippen LogP contribution in [0.4, 0.5) is 4.79 Å². The van der Waals surface area contributed by atoms with Crippen LogP contribution in [0, 0.1) is 0 Å². The zero-order chi connectivity index (χ0) is 25.7. The van der Waals surface area contributed by atoms with Gasteiger partial charge in [-0.2, -0.15) is 0 Å². The average molecular weight is 482 g/mol. The fourth-order valence-corrected chi connectivity index (χ4v) is 2.74. The van der Waals surface area contributed by atoms with Crippen molar-refractivity contribution in [3.63, 3.8) is 0 Å². The summed E-state index contributed by atoms with van der Waals surface area (Å²) in [5.41, 5.74) is 6.54. The number of esters is 3. The quantitative estimate of drug-likeness (QED) is 0.329. The van der Waals surface area contributed by atoms with Gasteiger partial charge in [0.2, 0.25) is 0 Å². The molecule has 0 bridgehead atoms. The van der Waals surface area contributed by atoms with Crippen molar-refractivity contribution in [3.05, 3.63) is 23.8 Å². The van der Waals surface area contributed by atoms with Gasteiger partial charge in [0.1, 0.15) is 24.9 Å². The lowest BCUT2D eigenvalue weighted by Gasteiger charge is -2.18. The monoisotopic (exact) mass is 481 g/mol. The fraction of sp³-hybridized carbons (Fsp3) is 0.583. The summed E-state index contributed by atoms with van der Waals surface area (Å²) in [6.07, 6.45) is 0.115. The Balaban J connectivity index is 2.69. The molecular weight excluding hydrogens is 446 g/mol. The van der Waals surface area contributed by atoms with Crippen LogP contribution in [-0.4, -0.2) is 48.9 Å². The van der Waals surface area contributed by atoms with Gasteiger partial charge in [-0.3, -0.25) is 14.4 Å². The van der Waals surface area contributed by atoms with Gasteiger partial charge in [-0.15, -0.1) is 0 Å². The standard InChI is InChI=1S/C24H35NO9/c1-6-9-15(4)32-24(29)30-14-16(5)31-23(28)18(25)12-17-10-11-19(33-21(26)7-2)20(13-17)34-22(27)8-3/h10-11,13,15-16,18H,6-9,12,14,25H2,1-5H3/t15?,16-,18-/m0/s1. The minimum atomic E-state index is -1.03. The molecule has 0 aromatic heterocycles. The van der Waals surface area contributed by atoms with E-state index in [0.717, 1.165) is 12.8 Å². The number of hydrogen-bond acceptors (Lipinski definition) is 10. The smallest absolute Gasteiger partial charge is 0.458 e. The number of carbonyl (C=O) groups excluding carboxylic acids is 4. The Morgan fingerprint density at radius 2 is 1.50 bits per heavy atom. The maximum Gasteiger partial charge on any atom is 0.508 e. The molecule has 0 heterocycles. The molecule has 1 unspecified atom stereocenters. The van der Waals surface area contributed by atoms with Gasteiger partial charge in [0.25, 0.3) is 0 Å². The van der Waals surface area contributed by atoms with Gasteiger partial charge in [-0.05, 0) is 44.4 Å². The van der Waals surface area contributed by atoms with E-state index in [2.05, 4.69) is 0 Å². The lowest BCUT2D eigenvalue weighted by atomic mass is 10.1. The Bertz CT molecular complexity index is 840. The van der Waals surface area contributed by atoms with Gasteiger partial charge >= 0.3 is 24.1 Å². The van der Waals surface area contributed by atoms with Gasteiger partial charge in [-0.1, -0.05) is 33.3 Å². The van der Waals surface area contributed by atoms with Crippen LogP contribution in [0.5, 0.6) is 11.5 Å². The second kappa shape index (κ2) is 14.9. The van der Waals surface area contributed by atoms with E-state index in [1.165, 1.54) is 12.1 Å². The Morgan fingerprint density at radius 3 is 2.09 bits per heavy atom. The molecule has 1 aromatic rings. The first-order valence-corrected chi connectivity index (χ1v) is 11.4. The Labute approximate surface area is 200 Å². The molecule has 0 aliphatic rings. The van der Waals surface area contributed by atoms with Gasteiger partial charge in [0.15, 0.2) is 11.5 Å². The molecule has 10 heteroatoms. The second-order valence-electron chi connectivity index (χ2n) is 7.77. The minimum absolute atomic E-state index is 0.0595. The molecule has 0 spiro atoms. The van der Waals surface area contributed by atoms with Crippen LogP contribution in [0.3, 0.4) is 0 Å². The van der Waals surface area contributed by atoms with Crippen LogP contribution in [0.25, 0.3) is 0 Å². The molecule has 1 rings (SSSR count). The molecule has 3 atom stereocenters. The molecule has 1 aromatic carbocycles. The van der Waals surface area contributed by atoms with E-state index < -0.39 is 36.2 Å². The third kappa shape index (κ3) is 10.7. The molecule has 10 nitrogen and oxygen atoms in total. The predicted molar refractivity (Wildman–Crippen MR) is 122 cm³/mol. The van der Waals surface area contributed by atoms with E-state index in [4.69, 9.17) is 29.4 Å². The zero-order valence-electron chi connectivity index (χ0n) is 20.5. The summed E-state index contributed by atoms with van der Waals surface area (Å²) in [5, 5.41) is 0. The molecule has 0 aliphatic carbocycles. The SMILES string of the molecule is CCCC(C)OC(=O)OC[C@H](C)OC(=O)[C@@H](N)Cc1ccc(OC(=O)CC)c(OC(=O)CC)c1. The van der Waals surface area contributed by atoms with E-state index in [-0.39, 0.29) is 43.5 Å². The van der Waals surface area contributed by atoms with Crippen LogP contribution in [0.1, 0.15) is 65.9 Å². The maximum absolute atomic E-state index is 12.4. The summed E-state index contributed by atoms with van der Waals surface area (Å²) in [5.74, 6) is -1.53. The highest BCUT2D eigenvalue weighted by molar-refractivity contribution is 5.77. The van der Waals surface area contributed by atoms with Crippen molar-refractivity contribution in [2.45, 2.75) is 85.0 Å². The first-order chi connectivity index (χ1) is 16.1. The zero-order valence-corrected chi connectivity index (χ0v) is 20.5. The first kappa shape index (κ1) is 28.9. The van der Waals surface area contributed by atoms with Crippen molar-refractivity contribution in [3.8, 4) is 11.5 Å². The molecule has 0 aliphatic heterocycles. The van der Waals surface area contributed by atoms with Crippen LogP contribution in [0.2, 0.25) is 0 Å². The Morgan fingerprint density at radius 1 is 0.882 bits per heavy atom. The Kier molecular flexibility index (Phi) is 12.7. The molecule has 0 saturated heterocycles. The number of nitrogens with two attached hydrogens (primary N) is 1. The summed E-state index contributed by atoms with van der Waals surface area (Å²) in [4.78, 5) is 47.4. The summed E-state index contributed by atoms with van der Waals surface area (Å²) >= 11 is 0. The number of hydrogen-bond donors (Lipinski definition) is 1. The van der Waals surface area contributed by atoms with E-state index >= 15 is 0 Å². The molecule has 0 fully saturated rings. The lowest BCUT2D eigenvalue weighted by molar-refractivity contribution is -0.152. The largest absolute Gasteiger partial charge is 0.508 e. The average Bonchev–Trinajstić information content (AvgIpc) is 2.79. The summed E-state index contributed by atoms with van der Waals surface area (Å²) in [6.45, 7) is 8.40. The van der Waals surface area contributed by atoms with Crippen LogP contribution >= 0.6 is 0 Å². The molecule has 34 heavy (non-hydrogen) atoms. The molecular formula is C24H35NO9. The van der Waals surface area contributed by atoms with Crippen molar-refractivity contribution in [2.75, 3.05) is 6.61 Å². The van der Waals surface area contributed by atoms with Crippen molar-refractivity contribution >= 4 is 24.1 Å². The van der Waals surface area contributed by atoms with Gasteiger partial charge < -0.3 is 29.4 Å². The fourth-order valence-electron chi connectivity index (χ4n) is 2.74. The van der Waals surface area contributed by atoms with E-state index in [1.807, 2.05) is 6.92 Å². The maximum atomic E-state index is 12.4. The second-order valence-corrected chi connectivity index (χ2v) is 7.77. The third-order valence-electron chi connectivity index (χ3n) is 4.54. The third-order valence-corrected chi connectivity index (χ3v) is 4.54. The summed E-state index contributed by atoms with van der Waals surface area (Å²) in [6, 6.07) is 3.53. The van der Waals surface area contributed by atoms with Gasteiger partial charge in [0.05, 0.1) is 0 Å². The topological polar surface area (TPSA) is 140 Å². The summed E-state index contributed by atoms with van der Waals surface area (Å²) < 4.78 is 25.7. The number of ether oxygens (including phenoxy) is 5. The minimum Gasteiger partial charge on any atom is -0.458 e. The molecule has 0 radical (unpaired) electrons. The van der Waals surface area contributed by atoms with Crippen LogP contribution < -0.4 is 15.2 Å². The highest BCUT2D eigenvalue weighted by atomic mass is 16.7. The van der Waals surface area contributed by atoms with Crippen molar-refractivity contribution in [2.24, 2.45) is 5.73 Å². The van der Waals surface area contributed by atoms with Crippen LogP contribution in [0.15, 0.2) is 18.2 Å². The van der Waals surface area contributed by atoms with Crippen molar-refractivity contribution < 1.29 is 42.9 Å². The van der Waals surface area contributed by atoms with E-state index in [9.17, 15) is 19.2 Å². The first-order valence-electron chi connectivity index (χ1n) is 11.4. The molecule has 0 saturated carbocycles. The highest BCUT2D eigenvalue weighted by Crippen LogP contribution is 2.30. The van der Waals surface area contributed by atoms with Crippen molar-refractivity contribution in [1.82, 2.24) is 0 Å². The van der Waals surface area contributed by atoms with E-state index in [1.54, 1.807) is 33.8 Å². The van der Waals surface area contributed by atoms with Crippen LogP contribution in [-0.2, 0) is 35.0 Å². The van der Waals surface area contributed by atoms with Gasteiger partial charge in [-0.25, -0.2) is 4.79 Å². The number of rotatable bonds is 13. The normalized spacial score (nSPS) is 13.2. The molecule has 2 N–H and O–H groups in total. The molecule has 190 valence electrons. The lowest BCUT2D eigenvalue weighted by Crippen LogP contribution is -2.37. The van der Waals surface area contributed by atoms with Crippen molar-refractivity contribution in [1.29, 1.82) is 0 Å².